The molecule has 8 nitrogen and oxygen atoms in total. The van der Waals surface area contributed by atoms with Gasteiger partial charge in [-0.1, -0.05) is 12.1 Å². The molecular formula is C23H18N4O4. The highest BCUT2D eigenvalue weighted by Gasteiger charge is 2.27. The Labute approximate surface area is 177 Å². The SMILES string of the molecule is COC(=O)c1cc(-c2ccncc2)cc(Nc2ccnc3cccc(C)c23)c1[N+](=O)[O-]. The molecule has 154 valence electrons. The molecule has 4 aromatic rings. The second kappa shape index (κ2) is 8.19. The summed E-state index contributed by atoms with van der Waals surface area (Å²) in [6.07, 6.45) is 4.85. The summed E-state index contributed by atoms with van der Waals surface area (Å²) in [4.78, 5) is 32.2. The minimum atomic E-state index is -0.790. The number of carbonyl (C=O) groups excluding carboxylic acids is 1. The van der Waals surface area contributed by atoms with Crippen molar-refractivity contribution in [3.63, 3.8) is 0 Å². The molecule has 4 rings (SSSR count). The fraction of sp³-hybridized carbons (Fsp3) is 0.0870. The van der Waals surface area contributed by atoms with Gasteiger partial charge in [0.2, 0.25) is 0 Å². The van der Waals surface area contributed by atoms with Crippen LogP contribution in [0.3, 0.4) is 0 Å². The Balaban J connectivity index is 1.96. The average molecular weight is 414 g/mol. The second-order valence-corrected chi connectivity index (χ2v) is 6.86. The number of nitro benzene ring substituents is 1. The number of nitrogens with one attached hydrogen (secondary N) is 1. The van der Waals surface area contributed by atoms with Crippen LogP contribution in [-0.4, -0.2) is 28.0 Å². The maximum absolute atomic E-state index is 12.4. The Kier molecular flexibility index (Phi) is 5.28. The molecule has 1 N–H and O–H groups in total. The van der Waals surface area contributed by atoms with E-state index in [9.17, 15) is 14.9 Å². The summed E-state index contributed by atoms with van der Waals surface area (Å²) in [6.45, 7) is 1.94. The van der Waals surface area contributed by atoms with Crippen molar-refractivity contribution in [2.75, 3.05) is 12.4 Å². The number of pyridine rings is 2. The zero-order valence-electron chi connectivity index (χ0n) is 16.8. The van der Waals surface area contributed by atoms with Crippen LogP contribution in [0.25, 0.3) is 22.0 Å². The fourth-order valence-electron chi connectivity index (χ4n) is 3.54. The third-order valence-electron chi connectivity index (χ3n) is 4.96. The highest BCUT2D eigenvalue weighted by atomic mass is 16.6. The van der Waals surface area contributed by atoms with Crippen molar-refractivity contribution in [2.24, 2.45) is 0 Å². The van der Waals surface area contributed by atoms with E-state index < -0.39 is 10.9 Å². The van der Waals surface area contributed by atoms with Crippen molar-refractivity contribution < 1.29 is 14.5 Å². The van der Waals surface area contributed by atoms with Gasteiger partial charge in [-0.2, -0.15) is 0 Å². The van der Waals surface area contributed by atoms with Gasteiger partial charge < -0.3 is 10.1 Å². The van der Waals surface area contributed by atoms with E-state index in [-0.39, 0.29) is 16.9 Å². The number of aryl methyl sites for hydroxylation is 1. The summed E-state index contributed by atoms with van der Waals surface area (Å²) in [7, 11) is 1.19. The first-order valence-corrected chi connectivity index (χ1v) is 9.42. The van der Waals surface area contributed by atoms with E-state index >= 15 is 0 Å². The number of carbonyl (C=O) groups is 1. The van der Waals surface area contributed by atoms with Crippen LogP contribution < -0.4 is 5.32 Å². The molecule has 0 spiro atoms. The third kappa shape index (κ3) is 3.78. The molecule has 0 amide bonds. The van der Waals surface area contributed by atoms with Gasteiger partial charge in [-0.15, -0.1) is 0 Å². The first-order valence-electron chi connectivity index (χ1n) is 9.42. The van der Waals surface area contributed by atoms with Gasteiger partial charge in [-0.25, -0.2) is 4.79 Å². The number of rotatable bonds is 5. The number of benzene rings is 2. The van der Waals surface area contributed by atoms with E-state index in [4.69, 9.17) is 4.74 Å². The number of hydrogen-bond acceptors (Lipinski definition) is 7. The molecule has 8 heteroatoms. The van der Waals surface area contributed by atoms with Gasteiger partial charge in [-0.3, -0.25) is 20.1 Å². The Morgan fingerprint density at radius 2 is 1.81 bits per heavy atom. The molecular weight excluding hydrogens is 396 g/mol. The summed E-state index contributed by atoms with van der Waals surface area (Å²) in [5.41, 5.74) is 3.42. The number of ether oxygens (including phenoxy) is 1. The lowest BCUT2D eigenvalue weighted by molar-refractivity contribution is -0.384. The molecule has 0 saturated heterocycles. The van der Waals surface area contributed by atoms with Gasteiger partial charge in [-0.05, 0) is 60.0 Å². The van der Waals surface area contributed by atoms with Crippen LogP contribution in [0, 0.1) is 17.0 Å². The Morgan fingerprint density at radius 3 is 2.52 bits per heavy atom. The maximum Gasteiger partial charge on any atom is 0.345 e. The van der Waals surface area contributed by atoms with Gasteiger partial charge in [0.05, 0.1) is 17.5 Å². The van der Waals surface area contributed by atoms with Gasteiger partial charge >= 0.3 is 11.7 Å². The van der Waals surface area contributed by atoms with Crippen LogP contribution in [0.2, 0.25) is 0 Å². The lowest BCUT2D eigenvalue weighted by Crippen LogP contribution is -2.09. The molecule has 2 aromatic heterocycles. The highest BCUT2D eigenvalue weighted by Crippen LogP contribution is 2.38. The van der Waals surface area contributed by atoms with E-state index in [0.29, 0.717) is 11.3 Å². The Bertz CT molecular complexity index is 1300. The number of nitrogens with zero attached hydrogens (tertiary/aromatic N) is 3. The molecule has 0 fully saturated rings. The van der Waals surface area contributed by atoms with Gasteiger partial charge in [0.1, 0.15) is 11.3 Å². The van der Waals surface area contributed by atoms with Gasteiger partial charge in [0, 0.05) is 29.7 Å². The van der Waals surface area contributed by atoms with Crippen molar-refractivity contribution in [2.45, 2.75) is 6.92 Å². The maximum atomic E-state index is 12.4. The molecule has 0 aliphatic rings. The standard InChI is InChI=1S/C23H18N4O4/c1-14-4-3-5-18-21(14)19(8-11-25-18)26-20-13-16(15-6-9-24-10-7-15)12-17(23(28)31-2)22(20)27(29)30/h3-13H,1-2H3,(H,25,26). The predicted molar refractivity (Wildman–Crippen MR) is 117 cm³/mol. The zero-order chi connectivity index (χ0) is 22.0. The Morgan fingerprint density at radius 1 is 1.03 bits per heavy atom. The normalized spacial score (nSPS) is 10.6. The van der Waals surface area contributed by atoms with Crippen LogP contribution in [0.1, 0.15) is 15.9 Å². The summed E-state index contributed by atoms with van der Waals surface area (Å²) < 4.78 is 4.82. The first-order chi connectivity index (χ1) is 15.0. The van der Waals surface area contributed by atoms with E-state index in [1.54, 1.807) is 42.9 Å². The first kappa shape index (κ1) is 20.0. The monoisotopic (exact) mass is 414 g/mol. The number of nitro groups is 1. The van der Waals surface area contributed by atoms with Crippen LogP contribution in [-0.2, 0) is 4.74 Å². The smallest absolute Gasteiger partial charge is 0.345 e. The average Bonchev–Trinajstić information content (AvgIpc) is 2.78. The quantitative estimate of drug-likeness (QED) is 0.277. The van der Waals surface area contributed by atoms with Crippen molar-refractivity contribution in [1.29, 1.82) is 0 Å². The molecule has 31 heavy (non-hydrogen) atoms. The molecule has 0 unspecified atom stereocenters. The number of methoxy groups -OCH3 is 1. The number of aromatic nitrogens is 2. The molecule has 0 aliphatic carbocycles. The summed E-state index contributed by atoms with van der Waals surface area (Å²) in [5, 5.41) is 16.0. The number of fused-ring (bicyclic) bond motifs is 1. The van der Waals surface area contributed by atoms with Crippen LogP contribution in [0.15, 0.2) is 67.1 Å². The third-order valence-corrected chi connectivity index (χ3v) is 4.96. The highest BCUT2D eigenvalue weighted by molar-refractivity contribution is 6.01. The van der Waals surface area contributed by atoms with Crippen LogP contribution >= 0.6 is 0 Å². The van der Waals surface area contributed by atoms with Crippen LogP contribution in [0.4, 0.5) is 17.1 Å². The van der Waals surface area contributed by atoms with E-state index in [1.807, 2.05) is 25.1 Å². The summed E-state index contributed by atoms with van der Waals surface area (Å²) in [5.74, 6) is -0.790. The molecule has 0 radical (unpaired) electrons. The minimum absolute atomic E-state index is 0.139. The van der Waals surface area contributed by atoms with Crippen LogP contribution in [0.5, 0.6) is 0 Å². The van der Waals surface area contributed by atoms with Gasteiger partial charge in [0.25, 0.3) is 0 Å². The van der Waals surface area contributed by atoms with E-state index in [2.05, 4.69) is 15.3 Å². The number of anilines is 2. The van der Waals surface area contributed by atoms with Gasteiger partial charge in [0.15, 0.2) is 0 Å². The van der Waals surface area contributed by atoms with E-state index in [1.165, 1.54) is 13.2 Å². The number of hydrogen-bond donors (Lipinski definition) is 1. The molecule has 0 aliphatic heterocycles. The molecule has 2 aromatic carbocycles. The lowest BCUT2D eigenvalue weighted by atomic mass is 10.0. The molecule has 0 bridgehead atoms. The minimum Gasteiger partial charge on any atom is -0.465 e. The molecule has 0 atom stereocenters. The summed E-state index contributed by atoms with van der Waals surface area (Å²) >= 11 is 0. The van der Waals surface area contributed by atoms with E-state index in [0.717, 1.165) is 22.0 Å². The zero-order valence-corrected chi connectivity index (χ0v) is 16.8. The summed E-state index contributed by atoms with van der Waals surface area (Å²) in [6, 6.07) is 14.1. The predicted octanol–water partition coefficient (Wildman–Crippen LogP) is 5.04. The fourth-order valence-corrected chi connectivity index (χ4v) is 3.54. The molecule has 2 heterocycles. The van der Waals surface area contributed by atoms with Crippen molar-refractivity contribution >= 4 is 33.9 Å². The Hall–Kier alpha value is -4.33. The van der Waals surface area contributed by atoms with Crippen molar-refractivity contribution in [3.8, 4) is 11.1 Å². The lowest BCUT2D eigenvalue weighted by Gasteiger charge is -2.14. The topological polar surface area (TPSA) is 107 Å². The van der Waals surface area contributed by atoms with Crippen molar-refractivity contribution in [1.82, 2.24) is 9.97 Å². The number of esters is 1. The molecule has 0 saturated carbocycles. The second-order valence-electron chi connectivity index (χ2n) is 6.86. The largest absolute Gasteiger partial charge is 0.465 e. The van der Waals surface area contributed by atoms with Crippen molar-refractivity contribution in [3.05, 3.63) is 88.4 Å².